The van der Waals surface area contributed by atoms with Gasteiger partial charge in [0.2, 0.25) is 5.95 Å². The van der Waals surface area contributed by atoms with Gasteiger partial charge in [0, 0.05) is 31.2 Å². The minimum atomic E-state index is 0.623. The van der Waals surface area contributed by atoms with Crippen molar-refractivity contribution in [1.29, 1.82) is 0 Å². The molecule has 0 saturated carbocycles. The van der Waals surface area contributed by atoms with E-state index in [0.29, 0.717) is 12.5 Å². The molecule has 146 valence electrons. The zero-order chi connectivity index (χ0) is 19.9. The summed E-state index contributed by atoms with van der Waals surface area (Å²) in [5.41, 5.74) is 4.58. The number of hydrogen-bond donors (Lipinski definition) is 3. The molecule has 0 spiro atoms. The first kappa shape index (κ1) is 18.7. The van der Waals surface area contributed by atoms with Crippen LogP contribution in [0.5, 0.6) is 0 Å². The highest BCUT2D eigenvalue weighted by Crippen LogP contribution is 2.21. The predicted molar refractivity (Wildman–Crippen MR) is 121 cm³/mol. The number of fused-ring (bicyclic) bond motifs is 1. The smallest absolute Gasteiger partial charge is 0.225 e. The van der Waals surface area contributed by atoms with Crippen LogP contribution in [0.1, 0.15) is 11.1 Å². The molecule has 4 rings (SSSR count). The number of aromatic nitrogens is 2. The van der Waals surface area contributed by atoms with Crippen LogP contribution >= 0.6 is 0 Å². The Morgan fingerprint density at radius 3 is 2.28 bits per heavy atom. The maximum atomic E-state index is 4.61. The average molecular weight is 383 g/mol. The summed E-state index contributed by atoms with van der Waals surface area (Å²) < 4.78 is 0. The fraction of sp³-hybridized carbons (Fsp3) is 0.167. The molecule has 4 aromatic rings. The first-order valence-corrected chi connectivity index (χ1v) is 9.87. The standard InChI is InChI=1S/C24H25N5/c1-25-23-21-9-5-6-10-22(21)28-24(29-23)27-17-19-11-13-20(14-12-19)26-16-15-18-7-3-2-4-8-18/h2-14,26H,15-17H2,1H3,(H2,25,27,28,29). The van der Waals surface area contributed by atoms with Crippen LogP contribution in [0.4, 0.5) is 17.5 Å². The molecule has 5 nitrogen and oxygen atoms in total. The summed E-state index contributed by atoms with van der Waals surface area (Å²) in [6.07, 6.45) is 1.01. The first-order valence-electron chi connectivity index (χ1n) is 9.87. The van der Waals surface area contributed by atoms with Crippen molar-refractivity contribution in [2.45, 2.75) is 13.0 Å². The second-order valence-corrected chi connectivity index (χ2v) is 6.88. The third-order valence-corrected chi connectivity index (χ3v) is 4.83. The second-order valence-electron chi connectivity index (χ2n) is 6.88. The Kier molecular flexibility index (Phi) is 5.86. The molecule has 0 saturated heterocycles. The van der Waals surface area contributed by atoms with Gasteiger partial charge >= 0.3 is 0 Å². The fourth-order valence-corrected chi connectivity index (χ4v) is 3.26. The second kappa shape index (κ2) is 9.06. The molecule has 3 N–H and O–H groups in total. The van der Waals surface area contributed by atoms with Gasteiger partial charge in [-0.1, -0.05) is 54.6 Å². The van der Waals surface area contributed by atoms with Crippen molar-refractivity contribution in [3.8, 4) is 0 Å². The maximum Gasteiger partial charge on any atom is 0.225 e. The Morgan fingerprint density at radius 1 is 0.724 bits per heavy atom. The quantitative estimate of drug-likeness (QED) is 0.402. The summed E-state index contributed by atoms with van der Waals surface area (Å²) in [5.74, 6) is 1.45. The van der Waals surface area contributed by atoms with E-state index in [0.717, 1.165) is 35.4 Å². The van der Waals surface area contributed by atoms with Gasteiger partial charge in [-0.2, -0.15) is 4.98 Å². The van der Waals surface area contributed by atoms with Crippen LogP contribution in [0.25, 0.3) is 10.9 Å². The number of hydrogen-bond acceptors (Lipinski definition) is 5. The molecule has 1 heterocycles. The Hall–Kier alpha value is -3.60. The lowest BCUT2D eigenvalue weighted by atomic mass is 10.1. The van der Waals surface area contributed by atoms with Crippen molar-refractivity contribution < 1.29 is 0 Å². The van der Waals surface area contributed by atoms with Gasteiger partial charge in [0.25, 0.3) is 0 Å². The summed E-state index contributed by atoms with van der Waals surface area (Å²) in [6.45, 7) is 1.59. The molecule has 5 heteroatoms. The van der Waals surface area contributed by atoms with Crippen LogP contribution in [0.2, 0.25) is 0 Å². The Balaban J connectivity index is 1.34. The minimum Gasteiger partial charge on any atom is -0.385 e. The van der Waals surface area contributed by atoms with E-state index in [-0.39, 0.29) is 0 Å². The van der Waals surface area contributed by atoms with Gasteiger partial charge in [-0.25, -0.2) is 4.98 Å². The van der Waals surface area contributed by atoms with Gasteiger partial charge < -0.3 is 16.0 Å². The monoisotopic (exact) mass is 383 g/mol. The van der Waals surface area contributed by atoms with Crippen molar-refractivity contribution in [1.82, 2.24) is 9.97 Å². The van der Waals surface area contributed by atoms with E-state index < -0.39 is 0 Å². The highest BCUT2D eigenvalue weighted by atomic mass is 15.1. The van der Waals surface area contributed by atoms with Gasteiger partial charge in [0.05, 0.1) is 5.52 Å². The van der Waals surface area contributed by atoms with Crippen molar-refractivity contribution in [3.05, 3.63) is 90.0 Å². The van der Waals surface area contributed by atoms with E-state index in [1.807, 2.05) is 37.4 Å². The lowest BCUT2D eigenvalue weighted by Crippen LogP contribution is -2.07. The molecule has 0 fully saturated rings. The van der Waals surface area contributed by atoms with Crippen LogP contribution in [-0.4, -0.2) is 23.6 Å². The molecule has 29 heavy (non-hydrogen) atoms. The van der Waals surface area contributed by atoms with Gasteiger partial charge in [-0.05, 0) is 41.8 Å². The van der Waals surface area contributed by atoms with Crippen LogP contribution < -0.4 is 16.0 Å². The zero-order valence-corrected chi connectivity index (χ0v) is 16.5. The molecule has 0 bridgehead atoms. The molecule has 0 aliphatic heterocycles. The Labute approximate surface area is 171 Å². The van der Waals surface area contributed by atoms with E-state index in [9.17, 15) is 0 Å². The number of nitrogens with one attached hydrogen (secondary N) is 3. The number of anilines is 3. The predicted octanol–water partition coefficient (Wildman–Crippen LogP) is 4.94. The minimum absolute atomic E-state index is 0.623. The average Bonchev–Trinajstić information content (AvgIpc) is 2.78. The van der Waals surface area contributed by atoms with E-state index in [1.165, 1.54) is 11.1 Å². The Morgan fingerprint density at radius 2 is 1.48 bits per heavy atom. The highest BCUT2D eigenvalue weighted by molar-refractivity contribution is 5.89. The molecule has 0 radical (unpaired) electrons. The van der Waals surface area contributed by atoms with E-state index in [2.05, 4.69) is 74.4 Å². The van der Waals surface area contributed by atoms with E-state index in [1.54, 1.807) is 0 Å². The number of para-hydroxylation sites is 1. The van der Waals surface area contributed by atoms with Crippen LogP contribution in [0.15, 0.2) is 78.9 Å². The van der Waals surface area contributed by atoms with Crippen molar-refractivity contribution >= 4 is 28.4 Å². The van der Waals surface area contributed by atoms with Gasteiger partial charge in [0.1, 0.15) is 5.82 Å². The molecule has 0 aliphatic carbocycles. The van der Waals surface area contributed by atoms with Crippen LogP contribution in [0, 0.1) is 0 Å². The van der Waals surface area contributed by atoms with Gasteiger partial charge in [-0.15, -0.1) is 0 Å². The maximum absolute atomic E-state index is 4.61. The molecule has 3 aromatic carbocycles. The molecular weight excluding hydrogens is 358 g/mol. The summed E-state index contributed by atoms with van der Waals surface area (Å²) in [6, 6.07) is 27.0. The SMILES string of the molecule is CNc1nc(NCc2ccc(NCCc3ccccc3)cc2)nc2ccccc12. The summed E-state index contributed by atoms with van der Waals surface area (Å²) in [5, 5.41) is 11.0. The van der Waals surface area contributed by atoms with Crippen LogP contribution in [-0.2, 0) is 13.0 Å². The Bertz CT molecular complexity index is 1060. The third-order valence-electron chi connectivity index (χ3n) is 4.83. The van der Waals surface area contributed by atoms with Crippen molar-refractivity contribution in [2.75, 3.05) is 29.5 Å². The molecule has 1 aromatic heterocycles. The summed E-state index contributed by atoms with van der Waals surface area (Å²) >= 11 is 0. The number of rotatable bonds is 8. The zero-order valence-electron chi connectivity index (χ0n) is 16.5. The van der Waals surface area contributed by atoms with Crippen molar-refractivity contribution in [3.63, 3.8) is 0 Å². The fourth-order valence-electron chi connectivity index (χ4n) is 3.26. The number of nitrogens with zero attached hydrogens (tertiary/aromatic N) is 2. The molecule has 0 aliphatic rings. The van der Waals surface area contributed by atoms with E-state index >= 15 is 0 Å². The van der Waals surface area contributed by atoms with E-state index in [4.69, 9.17) is 0 Å². The number of benzene rings is 3. The lowest BCUT2D eigenvalue weighted by molar-refractivity contribution is 1.02. The first-order chi connectivity index (χ1) is 14.3. The van der Waals surface area contributed by atoms with Crippen LogP contribution in [0.3, 0.4) is 0 Å². The van der Waals surface area contributed by atoms with Gasteiger partial charge in [0.15, 0.2) is 0 Å². The topological polar surface area (TPSA) is 61.9 Å². The van der Waals surface area contributed by atoms with Crippen molar-refractivity contribution in [2.24, 2.45) is 0 Å². The lowest BCUT2D eigenvalue weighted by Gasteiger charge is -2.11. The third kappa shape index (κ3) is 4.82. The summed E-state index contributed by atoms with van der Waals surface area (Å²) in [7, 11) is 1.88. The molecular formula is C24H25N5. The molecule has 0 unspecified atom stereocenters. The van der Waals surface area contributed by atoms with Gasteiger partial charge in [-0.3, -0.25) is 0 Å². The highest BCUT2D eigenvalue weighted by Gasteiger charge is 2.06. The molecule has 0 atom stereocenters. The summed E-state index contributed by atoms with van der Waals surface area (Å²) in [4.78, 5) is 9.19. The normalized spacial score (nSPS) is 10.7. The molecule has 0 amide bonds. The largest absolute Gasteiger partial charge is 0.385 e.